The Morgan fingerprint density at radius 3 is 2.58 bits per heavy atom. The fourth-order valence-electron chi connectivity index (χ4n) is 2.51. The first-order chi connectivity index (χ1) is 11.5. The Bertz CT molecular complexity index is 895. The van der Waals surface area contributed by atoms with Gasteiger partial charge < -0.3 is 9.73 Å². The van der Waals surface area contributed by atoms with Crippen molar-refractivity contribution in [1.29, 1.82) is 0 Å². The number of anilines is 1. The van der Waals surface area contributed by atoms with Gasteiger partial charge >= 0.3 is 0 Å². The Balaban J connectivity index is 1.58. The Labute approximate surface area is 139 Å². The third-order valence-electron chi connectivity index (χ3n) is 3.77. The molecule has 3 rings (SSSR count). The van der Waals surface area contributed by atoms with E-state index < -0.39 is 0 Å². The average Bonchev–Trinajstić information content (AvgIpc) is 2.92. The van der Waals surface area contributed by atoms with Gasteiger partial charge in [0.05, 0.1) is 0 Å². The second kappa shape index (κ2) is 6.66. The number of carbonyl (C=O) groups is 2. The van der Waals surface area contributed by atoms with Crippen LogP contribution in [0.2, 0.25) is 0 Å². The van der Waals surface area contributed by atoms with Gasteiger partial charge in [-0.15, -0.1) is 0 Å². The van der Waals surface area contributed by atoms with Gasteiger partial charge in [0.25, 0.3) is 0 Å². The summed E-state index contributed by atoms with van der Waals surface area (Å²) in [7, 11) is 0. The molecule has 0 aliphatic carbocycles. The number of rotatable bonds is 5. The number of hydrogen-bond donors (Lipinski definition) is 1. The minimum Gasteiger partial charge on any atom is -0.441 e. The van der Waals surface area contributed by atoms with Crippen molar-refractivity contribution in [2.75, 3.05) is 5.32 Å². The average molecular weight is 322 g/mol. The van der Waals surface area contributed by atoms with Crippen molar-refractivity contribution in [3.8, 4) is 0 Å². The molecule has 24 heavy (non-hydrogen) atoms. The van der Waals surface area contributed by atoms with E-state index in [-0.39, 0.29) is 11.7 Å². The summed E-state index contributed by atoms with van der Waals surface area (Å²) in [6.07, 6.45) is 0.996. The van der Waals surface area contributed by atoms with E-state index >= 15 is 0 Å². The summed E-state index contributed by atoms with van der Waals surface area (Å²) in [5.74, 6) is 0.572. The maximum absolute atomic E-state index is 12.1. The number of nitrogens with zero attached hydrogens (tertiary/aromatic N) is 1. The van der Waals surface area contributed by atoms with Crippen LogP contribution in [0.15, 0.2) is 46.9 Å². The predicted molar refractivity (Wildman–Crippen MR) is 92.1 cm³/mol. The monoisotopic (exact) mass is 322 g/mol. The summed E-state index contributed by atoms with van der Waals surface area (Å²) < 4.78 is 5.44. The summed E-state index contributed by atoms with van der Waals surface area (Å²) in [6, 6.07) is 12.7. The molecule has 0 atom stereocenters. The molecule has 1 N–H and O–H groups in total. The van der Waals surface area contributed by atoms with Crippen LogP contribution in [-0.2, 0) is 11.2 Å². The minimum absolute atomic E-state index is 0.00589. The van der Waals surface area contributed by atoms with E-state index in [2.05, 4.69) is 10.3 Å². The van der Waals surface area contributed by atoms with Crippen LogP contribution in [0.25, 0.3) is 11.1 Å². The number of carbonyl (C=O) groups excluding carboxylic acids is 2. The van der Waals surface area contributed by atoms with Crippen LogP contribution >= 0.6 is 0 Å². The highest BCUT2D eigenvalue weighted by Crippen LogP contribution is 2.18. The van der Waals surface area contributed by atoms with Gasteiger partial charge in [-0.2, -0.15) is 0 Å². The highest BCUT2D eigenvalue weighted by molar-refractivity contribution is 5.95. The third kappa shape index (κ3) is 3.68. The first-order valence-electron chi connectivity index (χ1n) is 7.78. The van der Waals surface area contributed by atoms with E-state index in [0.717, 1.165) is 16.7 Å². The summed E-state index contributed by atoms with van der Waals surface area (Å²) in [6.45, 7) is 3.32. The van der Waals surface area contributed by atoms with Crippen molar-refractivity contribution in [2.24, 2.45) is 0 Å². The number of nitrogens with one attached hydrogen (secondary N) is 1. The van der Waals surface area contributed by atoms with Crippen molar-refractivity contribution >= 4 is 28.5 Å². The SMILES string of the molecule is CC(=O)c1ccc(NC(=O)CCc2ccc3oc(C)nc3c2)cc1. The lowest BCUT2D eigenvalue weighted by Gasteiger charge is -2.06. The van der Waals surface area contributed by atoms with Gasteiger partial charge in [0, 0.05) is 24.6 Å². The minimum atomic E-state index is -0.0676. The van der Waals surface area contributed by atoms with E-state index in [0.29, 0.717) is 30.0 Å². The normalized spacial score (nSPS) is 10.8. The number of benzene rings is 2. The zero-order valence-electron chi connectivity index (χ0n) is 13.6. The Hall–Kier alpha value is -2.95. The molecule has 0 saturated heterocycles. The molecule has 0 radical (unpaired) electrons. The molecule has 0 unspecified atom stereocenters. The van der Waals surface area contributed by atoms with Crippen LogP contribution < -0.4 is 5.32 Å². The van der Waals surface area contributed by atoms with E-state index in [1.807, 2.05) is 25.1 Å². The molecule has 0 aliphatic heterocycles. The molecule has 1 aromatic heterocycles. The lowest BCUT2D eigenvalue weighted by Crippen LogP contribution is -2.12. The lowest BCUT2D eigenvalue weighted by atomic mass is 10.1. The molecule has 0 fully saturated rings. The van der Waals surface area contributed by atoms with Gasteiger partial charge in [0.1, 0.15) is 5.52 Å². The molecular weight excluding hydrogens is 304 g/mol. The third-order valence-corrected chi connectivity index (χ3v) is 3.77. The van der Waals surface area contributed by atoms with Gasteiger partial charge in [-0.25, -0.2) is 4.98 Å². The van der Waals surface area contributed by atoms with E-state index in [1.54, 1.807) is 24.3 Å². The van der Waals surface area contributed by atoms with Crippen LogP contribution in [0.4, 0.5) is 5.69 Å². The van der Waals surface area contributed by atoms with Crippen molar-refractivity contribution < 1.29 is 14.0 Å². The number of ketones is 1. The maximum Gasteiger partial charge on any atom is 0.224 e. The van der Waals surface area contributed by atoms with Gasteiger partial charge in [-0.05, 0) is 55.3 Å². The number of aromatic nitrogens is 1. The standard InChI is InChI=1S/C19H18N2O3/c1-12(22)15-5-7-16(8-6-15)21-19(23)10-4-14-3-9-18-17(11-14)20-13(2)24-18/h3,5-9,11H,4,10H2,1-2H3,(H,21,23). The van der Waals surface area contributed by atoms with Crippen LogP contribution in [0, 0.1) is 6.92 Å². The summed E-state index contributed by atoms with van der Waals surface area (Å²) in [5, 5.41) is 2.84. The summed E-state index contributed by atoms with van der Waals surface area (Å²) in [4.78, 5) is 27.6. The van der Waals surface area contributed by atoms with Crippen molar-refractivity contribution in [2.45, 2.75) is 26.7 Å². The predicted octanol–water partition coefficient (Wildman–Crippen LogP) is 3.91. The van der Waals surface area contributed by atoms with Crippen LogP contribution in [0.5, 0.6) is 0 Å². The topological polar surface area (TPSA) is 72.2 Å². The van der Waals surface area contributed by atoms with Gasteiger partial charge in [0.2, 0.25) is 5.91 Å². The van der Waals surface area contributed by atoms with Crippen LogP contribution in [0.3, 0.4) is 0 Å². The van der Waals surface area contributed by atoms with Crippen LogP contribution in [-0.4, -0.2) is 16.7 Å². The highest BCUT2D eigenvalue weighted by atomic mass is 16.3. The fraction of sp³-hybridized carbons (Fsp3) is 0.211. The number of hydrogen-bond acceptors (Lipinski definition) is 4. The fourth-order valence-corrected chi connectivity index (χ4v) is 2.51. The highest BCUT2D eigenvalue weighted by Gasteiger charge is 2.07. The molecule has 0 spiro atoms. The smallest absolute Gasteiger partial charge is 0.224 e. The number of Topliss-reactive ketones (excluding diaryl/α,β-unsaturated/α-hetero) is 1. The van der Waals surface area contributed by atoms with Gasteiger partial charge in [-0.3, -0.25) is 9.59 Å². The maximum atomic E-state index is 12.1. The second-order valence-electron chi connectivity index (χ2n) is 5.72. The number of aryl methyl sites for hydroxylation is 2. The molecule has 0 aliphatic rings. The van der Waals surface area contributed by atoms with Crippen molar-refractivity contribution in [3.05, 3.63) is 59.5 Å². The van der Waals surface area contributed by atoms with Crippen molar-refractivity contribution in [3.63, 3.8) is 0 Å². The molecule has 0 saturated carbocycles. The summed E-state index contributed by atoms with van der Waals surface area (Å²) in [5.41, 5.74) is 3.92. The molecule has 2 aromatic carbocycles. The molecule has 122 valence electrons. The summed E-state index contributed by atoms with van der Waals surface area (Å²) >= 11 is 0. The van der Waals surface area contributed by atoms with E-state index in [4.69, 9.17) is 4.42 Å². The Kier molecular flexibility index (Phi) is 4.42. The Morgan fingerprint density at radius 2 is 1.88 bits per heavy atom. The zero-order chi connectivity index (χ0) is 17.1. The number of fused-ring (bicyclic) bond motifs is 1. The van der Waals surface area contributed by atoms with Gasteiger partial charge in [0.15, 0.2) is 17.3 Å². The lowest BCUT2D eigenvalue weighted by molar-refractivity contribution is -0.116. The molecule has 5 nitrogen and oxygen atoms in total. The first-order valence-corrected chi connectivity index (χ1v) is 7.78. The first kappa shape index (κ1) is 15.9. The van der Waals surface area contributed by atoms with E-state index in [9.17, 15) is 9.59 Å². The number of amides is 1. The zero-order valence-corrected chi connectivity index (χ0v) is 13.6. The molecule has 3 aromatic rings. The molecular formula is C19H18N2O3. The molecule has 1 amide bonds. The quantitative estimate of drug-likeness (QED) is 0.723. The van der Waals surface area contributed by atoms with Gasteiger partial charge in [-0.1, -0.05) is 6.07 Å². The molecule has 0 bridgehead atoms. The van der Waals surface area contributed by atoms with Crippen molar-refractivity contribution in [1.82, 2.24) is 4.98 Å². The largest absolute Gasteiger partial charge is 0.441 e. The van der Waals surface area contributed by atoms with Crippen LogP contribution in [0.1, 0.15) is 35.2 Å². The Morgan fingerprint density at radius 1 is 1.12 bits per heavy atom. The second-order valence-corrected chi connectivity index (χ2v) is 5.72. The number of oxazole rings is 1. The molecule has 1 heterocycles. The van der Waals surface area contributed by atoms with E-state index in [1.165, 1.54) is 6.92 Å². The molecule has 5 heteroatoms.